The van der Waals surface area contributed by atoms with E-state index < -0.39 is 46.1 Å². The second kappa shape index (κ2) is 12.5. The van der Waals surface area contributed by atoms with Crippen LogP contribution < -0.4 is 11.2 Å². The molecule has 0 spiro atoms. The van der Waals surface area contributed by atoms with Gasteiger partial charge in [-0.2, -0.15) is 0 Å². The first-order valence-electron chi connectivity index (χ1n) is 18.3. The van der Waals surface area contributed by atoms with Gasteiger partial charge >= 0.3 is 251 Å². The van der Waals surface area contributed by atoms with E-state index in [0.717, 1.165) is 21.8 Å². The van der Waals surface area contributed by atoms with Crippen LogP contribution in [-0.2, 0) is 20.7 Å². The van der Waals surface area contributed by atoms with Crippen molar-refractivity contribution >= 4 is 36.1 Å². The van der Waals surface area contributed by atoms with E-state index in [9.17, 15) is 29.4 Å². The average molecular weight is 759 g/mol. The Morgan fingerprint density at radius 2 is 1.80 bits per heavy atom. The topological polar surface area (TPSA) is 136 Å². The van der Waals surface area contributed by atoms with Crippen molar-refractivity contribution in [1.82, 2.24) is 3.56 Å². The first-order chi connectivity index (χ1) is 24.3. The number of carbonyl (C=O) groups excluding carboxylic acids is 2. The van der Waals surface area contributed by atoms with Gasteiger partial charge in [0.25, 0.3) is 0 Å². The number of fused-ring (bicyclic) bond motifs is 6. The molecular weight excluding hydrogens is 713 g/mol. The number of aliphatic hydroxyl groups is 2. The summed E-state index contributed by atoms with van der Waals surface area (Å²) in [5.41, 5.74) is -0.852. The number of Topliss-reactive ketones (excluding diaryl/α,β-unsaturated/α-hetero) is 1. The molecule has 2 N–H and O–H groups in total. The normalized spacial score (nSPS) is 35.1. The number of benzene rings is 2. The first kappa shape index (κ1) is 34.5. The third-order valence-electron chi connectivity index (χ3n) is 13.7. The molecule has 2 aromatic heterocycles. The second-order valence-corrected chi connectivity index (χ2v) is 18.2. The fraction of sp³-hybridized carbons (Fsp3) is 0.512. The Balaban J connectivity index is 1.04. The second-order valence-electron chi connectivity index (χ2n) is 16.1. The van der Waals surface area contributed by atoms with Crippen molar-refractivity contribution < 1.29 is 29.0 Å². The molecule has 4 aromatic rings. The quantitative estimate of drug-likeness (QED) is 0.205. The fourth-order valence-corrected chi connectivity index (χ4v) is 13.4. The van der Waals surface area contributed by atoms with Crippen molar-refractivity contribution in [2.45, 2.75) is 102 Å². The van der Waals surface area contributed by atoms with Gasteiger partial charge in [-0.3, -0.25) is 0 Å². The van der Waals surface area contributed by atoms with Crippen molar-refractivity contribution in [3.63, 3.8) is 0 Å². The van der Waals surface area contributed by atoms with Crippen LogP contribution in [0.15, 0.2) is 80.9 Å². The van der Waals surface area contributed by atoms with Crippen molar-refractivity contribution in [1.29, 1.82) is 0 Å². The molecule has 4 saturated carbocycles. The molecule has 0 radical (unpaired) electrons. The Bertz CT molecular complexity index is 2100. The van der Waals surface area contributed by atoms with Crippen LogP contribution in [0.1, 0.15) is 87.4 Å². The monoisotopic (exact) mass is 759 g/mol. The molecule has 2 aromatic carbocycles. The molecule has 268 valence electrons. The number of carbonyl (C=O) groups is 2. The predicted molar refractivity (Wildman–Crippen MR) is 192 cm³/mol. The van der Waals surface area contributed by atoms with Crippen molar-refractivity contribution in [2.75, 3.05) is 0 Å². The van der Waals surface area contributed by atoms with Gasteiger partial charge in [-0.15, -0.1) is 0 Å². The number of rotatable bonds is 6. The van der Waals surface area contributed by atoms with Crippen LogP contribution in [0.3, 0.4) is 0 Å². The Morgan fingerprint density at radius 3 is 2.55 bits per heavy atom. The number of hydrogen-bond acceptors (Lipinski definition) is 8. The number of ether oxygens (including phenoxy) is 1. The van der Waals surface area contributed by atoms with Crippen molar-refractivity contribution in [3.8, 4) is 0 Å². The van der Waals surface area contributed by atoms with Crippen LogP contribution in [0.25, 0.3) is 9.65 Å². The molecule has 0 aliphatic heterocycles. The van der Waals surface area contributed by atoms with Gasteiger partial charge < -0.3 is 4.42 Å². The van der Waals surface area contributed by atoms with E-state index in [1.165, 1.54) is 12.3 Å². The molecular formula is C41H45NO8Se. The molecule has 10 heteroatoms. The molecule has 2 heterocycles. The zero-order valence-electron chi connectivity index (χ0n) is 29.2. The molecule has 10 atom stereocenters. The van der Waals surface area contributed by atoms with Crippen molar-refractivity contribution in [2.24, 2.45) is 28.6 Å². The SMILES string of the molecule is Cc1ccc2c(=O)n([C@@H](Cc3ccccc3)C(=O)O[C@H]3CC[C@@]4(C)[C@H](CC[C@@H]5[C@@H]4[C@H](O)C(=O)[C@]4(C)[C@@H](c6ccc(=O)oc6)CC[C@]54O)C3)[se]c2c1. The van der Waals surface area contributed by atoms with E-state index in [0.29, 0.717) is 55.9 Å². The number of aliphatic hydroxyl groups excluding tert-OH is 1. The molecule has 0 bridgehead atoms. The van der Waals surface area contributed by atoms with E-state index in [-0.39, 0.29) is 49.9 Å². The van der Waals surface area contributed by atoms with E-state index in [2.05, 4.69) is 6.92 Å². The Morgan fingerprint density at radius 1 is 1.02 bits per heavy atom. The summed E-state index contributed by atoms with van der Waals surface area (Å²) < 4.78 is 14.2. The summed E-state index contributed by atoms with van der Waals surface area (Å²) in [6.07, 6.45) is 4.38. The van der Waals surface area contributed by atoms with Gasteiger partial charge in [0.15, 0.2) is 0 Å². The predicted octanol–water partition coefficient (Wildman–Crippen LogP) is 5.11. The van der Waals surface area contributed by atoms with Gasteiger partial charge in [0.1, 0.15) is 0 Å². The third-order valence-corrected chi connectivity index (χ3v) is 16.1. The summed E-state index contributed by atoms with van der Waals surface area (Å²) in [6, 6.07) is 17.8. The fourth-order valence-electron chi connectivity index (χ4n) is 10.9. The van der Waals surface area contributed by atoms with Gasteiger partial charge in [-0.05, 0) is 25.0 Å². The molecule has 0 amide bonds. The minimum absolute atomic E-state index is 0.0822. The Hall–Kier alpha value is -3.56. The molecule has 51 heavy (non-hydrogen) atoms. The van der Waals surface area contributed by atoms with Crippen LogP contribution in [-0.4, -0.2) is 58.1 Å². The standard InChI is InChI=1S/C41H45NO8Se/c1-23-9-12-28-32(19-23)51-42(37(28)46)31(20-24-7-5-4-6-8-24)38(47)50-27-15-17-39(2)26(21-27)11-13-30-34(39)35(44)36(45)40(3)29(16-18-41(30,40)48)25-10-14-33(43)49-22-25/h4-10,12,14,19,22,26-27,29-31,34-35,44,48H,11,13,15-18,20-21H2,1-3H3/t26-,27+,29-,30-,31+,34-,35+,39+,40+,41+/m1/s1. The van der Waals surface area contributed by atoms with Crippen LogP contribution >= 0.6 is 0 Å². The average Bonchev–Trinajstić information content (AvgIpc) is 3.59. The van der Waals surface area contributed by atoms with E-state index in [1.54, 1.807) is 16.6 Å². The molecule has 4 aliphatic carbocycles. The van der Waals surface area contributed by atoms with Gasteiger partial charge in [-0.25, -0.2) is 4.79 Å². The molecule has 8 rings (SSSR count). The summed E-state index contributed by atoms with van der Waals surface area (Å²) in [4.78, 5) is 53.8. The Labute approximate surface area is 302 Å². The summed E-state index contributed by atoms with van der Waals surface area (Å²) in [5.74, 6) is -1.73. The van der Waals surface area contributed by atoms with Gasteiger partial charge in [0, 0.05) is 12.0 Å². The van der Waals surface area contributed by atoms with Crippen LogP contribution in [0, 0.1) is 35.5 Å². The van der Waals surface area contributed by atoms with E-state index >= 15 is 0 Å². The molecule has 0 saturated heterocycles. The van der Waals surface area contributed by atoms with Gasteiger partial charge in [-0.1, -0.05) is 0 Å². The summed E-state index contributed by atoms with van der Waals surface area (Å²) >= 11 is -0.355. The number of hydrogen-bond donors (Lipinski definition) is 2. The molecule has 9 nitrogen and oxygen atoms in total. The number of nitrogens with zero attached hydrogens (tertiary/aromatic N) is 1. The van der Waals surface area contributed by atoms with Gasteiger partial charge in [0.2, 0.25) is 0 Å². The first-order valence-corrected chi connectivity index (χ1v) is 19.9. The summed E-state index contributed by atoms with van der Waals surface area (Å²) in [7, 11) is 0. The third kappa shape index (κ3) is 5.31. The maximum absolute atomic E-state index is 14.3. The van der Waals surface area contributed by atoms with Crippen molar-refractivity contribution in [3.05, 3.63) is 104 Å². The van der Waals surface area contributed by atoms with Crippen LogP contribution in [0.2, 0.25) is 0 Å². The maximum atomic E-state index is 14.3. The number of ketones is 1. The van der Waals surface area contributed by atoms with Crippen LogP contribution in [0.5, 0.6) is 0 Å². The Kier molecular flexibility index (Phi) is 8.49. The number of aromatic nitrogens is 1. The zero-order chi connectivity index (χ0) is 35.9. The van der Waals surface area contributed by atoms with Crippen LogP contribution in [0.4, 0.5) is 0 Å². The minimum atomic E-state index is -1.31. The molecule has 0 unspecified atom stereocenters. The number of aryl methyl sites for hydroxylation is 1. The zero-order valence-corrected chi connectivity index (χ0v) is 31.0. The van der Waals surface area contributed by atoms with E-state index in [4.69, 9.17) is 9.15 Å². The summed E-state index contributed by atoms with van der Waals surface area (Å²) in [5, 5.41) is 25.2. The number of esters is 1. The summed E-state index contributed by atoms with van der Waals surface area (Å²) in [6.45, 7) is 5.94. The van der Waals surface area contributed by atoms with Gasteiger partial charge in [0.05, 0.1) is 6.26 Å². The molecule has 4 fully saturated rings. The molecule has 4 aliphatic rings. The van der Waals surface area contributed by atoms with E-state index in [1.807, 2.05) is 55.5 Å².